The molecule has 0 amide bonds. The van der Waals surface area contributed by atoms with E-state index >= 15 is 0 Å². The van der Waals surface area contributed by atoms with Gasteiger partial charge in [0.15, 0.2) is 0 Å². The molecule has 0 bridgehead atoms. The summed E-state index contributed by atoms with van der Waals surface area (Å²) in [6, 6.07) is 1.93. The summed E-state index contributed by atoms with van der Waals surface area (Å²) in [6.45, 7) is 1.76. The van der Waals surface area contributed by atoms with Crippen molar-refractivity contribution in [2.24, 2.45) is 0 Å². The van der Waals surface area contributed by atoms with Crippen molar-refractivity contribution in [1.82, 2.24) is 10.2 Å². The molecule has 4 heteroatoms. The number of hydrogen-bond acceptors (Lipinski definition) is 3. The topological polar surface area (TPSA) is 48.9 Å². The van der Waals surface area contributed by atoms with Crippen LogP contribution < -0.4 is 0 Å². The van der Waals surface area contributed by atoms with Crippen molar-refractivity contribution in [3.8, 4) is 0 Å². The van der Waals surface area contributed by atoms with Crippen LogP contribution in [0.25, 0.3) is 10.2 Å². The van der Waals surface area contributed by atoms with Gasteiger partial charge < -0.3 is 5.11 Å². The molecule has 0 aliphatic heterocycles. The molecule has 0 aromatic carbocycles. The Labute approximate surface area is 67.7 Å². The molecule has 0 saturated heterocycles. The Morgan fingerprint density at radius 3 is 3.18 bits per heavy atom. The first-order chi connectivity index (χ1) is 5.27. The summed E-state index contributed by atoms with van der Waals surface area (Å²) in [6.07, 6.45) is 1.40. The molecule has 0 spiro atoms. The van der Waals surface area contributed by atoms with Gasteiger partial charge in [-0.1, -0.05) is 0 Å². The molecule has 0 radical (unpaired) electrons. The molecule has 0 saturated carbocycles. The summed E-state index contributed by atoms with van der Waals surface area (Å²) in [7, 11) is 0. The van der Waals surface area contributed by atoms with E-state index in [1.807, 2.05) is 6.07 Å². The zero-order valence-corrected chi connectivity index (χ0v) is 6.85. The fourth-order valence-electron chi connectivity index (χ4n) is 0.974. The third kappa shape index (κ3) is 1.04. The molecule has 2 heterocycles. The van der Waals surface area contributed by atoms with Crippen LogP contribution in [0.2, 0.25) is 0 Å². The van der Waals surface area contributed by atoms with E-state index in [9.17, 15) is 5.11 Å². The monoisotopic (exact) mass is 168 g/mol. The molecule has 0 aliphatic rings. The minimum Gasteiger partial charge on any atom is -0.388 e. The highest BCUT2D eigenvalue weighted by Gasteiger charge is 2.06. The maximum absolute atomic E-state index is 9.22. The number of nitrogens with zero attached hydrogens (tertiary/aromatic N) is 1. The lowest BCUT2D eigenvalue weighted by molar-refractivity contribution is 0.203. The third-order valence-corrected chi connectivity index (χ3v) is 2.80. The van der Waals surface area contributed by atoms with Crippen LogP contribution in [0.3, 0.4) is 0 Å². The second-order valence-corrected chi connectivity index (χ2v) is 3.59. The first-order valence-corrected chi connectivity index (χ1v) is 4.20. The number of aromatic amines is 1. The predicted octanol–water partition coefficient (Wildman–Crippen LogP) is 1.68. The van der Waals surface area contributed by atoms with E-state index in [4.69, 9.17) is 0 Å². The molecular weight excluding hydrogens is 160 g/mol. The van der Waals surface area contributed by atoms with Crippen LogP contribution in [0.4, 0.5) is 0 Å². The Hall–Kier alpha value is -0.870. The van der Waals surface area contributed by atoms with Crippen molar-refractivity contribution in [3.63, 3.8) is 0 Å². The molecule has 2 aromatic heterocycles. The minimum atomic E-state index is -0.374. The molecule has 1 unspecified atom stereocenters. The summed E-state index contributed by atoms with van der Waals surface area (Å²) in [5.41, 5.74) is 1.01. The van der Waals surface area contributed by atoms with Gasteiger partial charge in [-0.25, -0.2) is 0 Å². The van der Waals surface area contributed by atoms with Crippen molar-refractivity contribution >= 4 is 21.6 Å². The first kappa shape index (κ1) is 6.82. The maximum Gasteiger partial charge on any atom is 0.0854 e. The van der Waals surface area contributed by atoms with Crippen LogP contribution >= 0.6 is 11.3 Å². The van der Waals surface area contributed by atoms with Crippen LogP contribution in [-0.2, 0) is 0 Å². The van der Waals surface area contributed by atoms with Crippen molar-refractivity contribution in [2.75, 3.05) is 0 Å². The Bertz CT molecular complexity index is 335. The quantitative estimate of drug-likeness (QED) is 0.680. The van der Waals surface area contributed by atoms with Crippen molar-refractivity contribution in [2.45, 2.75) is 13.0 Å². The van der Waals surface area contributed by atoms with Gasteiger partial charge in [-0.15, -0.1) is 11.3 Å². The molecule has 58 valence electrons. The smallest absolute Gasteiger partial charge is 0.0854 e. The summed E-state index contributed by atoms with van der Waals surface area (Å²) in [5.74, 6) is 0. The number of aromatic nitrogens is 2. The van der Waals surface area contributed by atoms with Crippen LogP contribution in [0.5, 0.6) is 0 Å². The third-order valence-electron chi connectivity index (χ3n) is 1.56. The van der Waals surface area contributed by atoms with E-state index < -0.39 is 0 Å². The summed E-state index contributed by atoms with van der Waals surface area (Å²) >= 11 is 1.57. The number of thiophene rings is 1. The van der Waals surface area contributed by atoms with E-state index in [0.29, 0.717) is 0 Å². The van der Waals surface area contributed by atoms with Gasteiger partial charge in [0, 0.05) is 4.88 Å². The van der Waals surface area contributed by atoms with Gasteiger partial charge in [0.05, 0.1) is 22.5 Å². The zero-order chi connectivity index (χ0) is 7.84. The van der Waals surface area contributed by atoms with Gasteiger partial charge >= 0.3 is 0 Å². The first-order valence-electron chi connectivity index (χ1n) is 3.38. The summed E-state index contributed by atoms with van der Waals surface area (Å²) in [4.78, 5) is 0.980. The fourth-order valence-corrected chi connectivity index (χ4v) is 1.90. The molecule has 2 aromatic rings. The van der Waals surface area contributed by atoms with E-state index in [2.05, 4.69) is 10.2 Å². The van der Waals surface area contributed by atoms with Crippen LogP contribution in [0.1, 0.15) is 17.9 Å². The average Bonchev–Trinajstić information content (AvgIpc) is 2.40. The number of rotatable bonds is 1. The lowest BCUT2D eigenvalue weighted by Gasteiger charge is -1.95. The Morgan fingerprint density at radius 2 is 2.55 bits per heavy atom. The van der Waals surface area contributed by atoms with Gasteiger partial charge in [0.2, 0.25) is 0 Å². The molecule has 1 atom stereocenters. The molecule has 2 rings (SSSR count). The molecular formula is C7H8N2OS. The highest BCUT2D eigenvalue weighted by atomic mass is 32.1. The largest absolute Gasteiger partial charge is 0.388 e. The van der Waals surface area contributed by atoms with Gasteiger partial charge in [-0.2, -0.15) is 5.10 Å². The molecule has 0 aliphatic carbocycles. The van der Waals surface area contributed by atoms with E-state index in [-0.39, 0.29) is 6.10 Å². The number of hydrogen-bond donors (Lipinski definition) is 2. The number of aliphatic hydroxyl groups is 1. The highest BCUT2D eigenvalue weighted by molar-refractivity contribution is 7.19. The summed E-state index contributed by atoms with van der Waals surface area (Å²) in [5, 5.41) is 15.9. The molecule has 3 nitrogen and oxygen atoms in total. The van der Waals surface area contributed by atoms with Gasteiger partial charge in [0.1, 0.15) is 0 Å². The Morgan fingerprint density at radius 1 is 1.73 bits per heavy atom. The number of fused-ring (bicyclic) bond motifs is 1. The number of H-pyrrole nitrogens is 1. The molecule has 11 heavy (non-hydrogen) atoms. The van der Waals surface area contributed by atoms with Gasteiger partial charge in [-0.05, 0) is 13.0 Å². The van der Waals surface area contributed by atoms with Crippen molar-refractivity contribution in [3.05, 3.63) is 17.1 Å². The van der Waals surface area contributed by atoms with Gasteiger partial charge in [0.25, 0.3) is 0 Å². The lowest BCUT2D eigenvalue weighted by atomic mass is 10.3. The standard InChI is InChI=1S/C7H8N2OS/c1-4(10)6-2-5-7(11-6)3-8-9-5/h2-4,10H,1H3,(H,8,9). The lowest BCUT2D eigenvalue weighted by Crippen LogP contribution is -1.83. The zero-order valence-electron chi connectivity index (χ0n) is 6.03. The highest BCUT2D eigenvalue weighted by Crippen LogP contribution is 2.27. The Kier molecular flexibility index (Phi) is 1.44. The van der Waals surface area contributed by atoms with E-state index in [1.54, 1.807) is 24.5 Å². The number of nitrogens with one attached hydrogen (secondary N) is 1. The summed E-state index contributed by atoms with van der Waals surface area (Å²) < 4.78 is 1.10. The van der Waals surface area contributed by atoms with Gasteiger partial charge in [-0.3, -0.25) is 5.10 Å². The van der Waals surface area contributed by atoms with Crippen molar-refractivity contribution in [1.29, 1.82) is 0 Å². The van der Waals surface area contributed by atoms with E-state index in [1.165, 1.54) is 0 Å². The second kappa shape index (κ2) is 2.32. The molecule has 2 N–H and O–H groups in total. The number of aliphatic hydroxyl groups excluding tert-OH is 1. The van der Waals surface area contributed by atoms with E-state index in [0.717, 1.165) is 15.1 Å². The van der Waals surface area contributed by atoms with Crippen molar-refractivity contribution < 1.29 is 5.11 Å². The normalized spacial score (nSPS) is 14.0. The SMILES string of the molecule is CC(O)c1cc2[nH]ncc2s1. The maximum atomic E-state index is 9.22. The van der Waals surface area contributed by atoms with Crippen LogP contribution in [-0.4, -0.2) is 15.3 Å². The predicted molar refractivity (Wildman–Crippen MR) is 44.6 cm³/mol. The van der Waals surface area contributed by atoms with Crippen LogP contribution in [0.15, 0.2) is 12.3 Å². The minimum absolute atomic E-state index is 0.374. The molecule has 0 fully saturated rings. The van der Waals surface area contributed by atoms with Crippen LogP contribution in [0, 0.1) is 0 Å². The second-order valence-electron chi connectivity index (χ2n) is 2.47. The Balaban J connectivity index is 2.58. The average molecular weight is 168 g/mol. The fraction of sp³-hybridized carbons (Fsp3) is 0.286.